The fraction of sp³-hybridized carbons (Fsp3) is 0.462. The highest BCUT2D eigenvalue weighted by molar-refractivity contribution is 9.09. The van der Waals surface area contributed by atoms with Crippen molar-refractivity contribution in [1.29, 1.82) is 0 Å². The number of halogens is 4. The third kappa shape index (κ3) is 4.86. The summed E-state index contributed by atoms with van der Waals surface area (Å²) in [6.45, 7) is 4.44. The first-order valence-corrected chi connectivity index (χ1v) is 6.73. The monoisotopic (exact) mass is 337 g/mol. The average molecular weight is 338 g/mol. The topological polar surface area (TPSA) is 29.1 Å². The van der Waals surface area contributed by atoms with Crippen molar-refractivity contribution in [3.63, 3.8) is 0 Å². The van der Waals surface area contributed by atoms with Crippen molar-refractivity contribution in [2.75, 3.05) is 6.54 Å². The van der Waals surface area contributed by atoms with Gasteiger partial charge in [0.2, 0.25) is 0 Å². The molecule has 1 rings (SSSR count). The summed E-state index contributed by atoms with van der Waals surface area (Å²) in [6, 6.07) is 4.17. The van der Waals surface area contributed by atoms with Crippen LogP contribution >= 0.6 is 15.9 Å². The summed E-state index contributed by atoms with van der Waals surface area (Å²) in [4.78, 5) is 11.8. The zero-order chi connectivity index (χ0) is 14.6. The van der Waals surface area contributed by atoms with Gasteiger partial charge in [0.15, 0.2) is 0 Å². The fourth-order valence-electron chi connectivity index (χ4n) is 1.34. The van der Waals surface area contributed by atoms with Crippen LogP contribution in [0.3, 0.4) is 0 Å². The SMILES string of the molecule is CC(C)C(Br)CNC(=O)c1ccc(C(F)(F)F)cc1. The van der Waals surface area contributed by atoms with Gasteiger partial charge in [-0.05, 0) is 30.2 Å². The molecule has 6 heteroatoms. The zero-order valence-corrected chi connectivity index (χ0v) is 12.2. The van der Waals surface area contributed by atoms with Crippen molar-refractivity contribution in [1.82, 2.24) is 5.32 Å². The van der Waals surface area contributed by atoms with E-state index in [0.29, 0.717) is 12.5 Å². The number of hydrogen-bond acceptors (Lipinski definition) is 1. The predicted molar refractivity (Wildman–Crippen MR) is 71.3 cm³/mol. The van der Waals surface area contributed by atoms with Gasteiger partial charge in [-0.2, -0.15) is 13.2 Å². The number of carbonyl (C=O) groups excluding carboxylic acids is 1. The molecule has 0 radical (unpaired) electrons. The maximum absolute atomic E-state index is 12.4. The Labute approximate surface area is 118 Å². The molecule has 1 N–H and O–H groups in total. The van der Waals surface area contributed by atoms with E-state index < -0.39 is 11.7 Å². The molecule has 1 unspecified atom stereocenters. The van der Waals surface area contributed by atoms with Crippen molar-refractivity contribution in [2.45, 2.75) is 24.9 Å². The minimum absolute atomic E-state index is 0.130. The zero-order valence-electron chi connectivity index (χ0n) is 10.6. The molecule has 0 heterocycles. The van der Waals surface area contributed by atoms with E-state index >= 15 is 0 Å². The lowest BCUT2D eigenvalue weighted by Gasteiger charge is -2.14. The third-order valence-corrected chi connectivity index (χ3v) is 4.04. The summed E-state index contributed by atoms with van der Waals surface area (Å²) >= 11 is 3.42. The Kier molecular flexibility index (Phi) is 5.40. The molecule has 0 aromatic heterocycles. The molecule has 19 heavy (non-hydrogen) atoms. The minimum Gasteiger partial charge on any atom is -0.351 e. The van der Waals surface area contributed by atoms with Gasteiger partial charge < -0.3 is 5.32 Å². The van der Waals surface area contributed by atoms with Crippen molar-refractivity contribution in [2.24, 2.45) is 5.92 Å². The van der Waals surface area contributed by atoms with Crippen LogP contribution in [0.4, 0.5) is 13.2 Å². The average Bonchev–Trinajstić information content (AvgIpc) is 2.34. The summed E-state index contributed by atoms with van der Waals surface area (Å²) in [7, 11) is 0. The second-order valence-electron chi connectivity index (χ2n) is 4.55. The number of rotatable bonds is 4. The maximum atomic E-state index is 12.4. The van der Waals surface area contributed by atoms with Gasteiger partial charge in [0.25, 0.3) is 5.91 Å². The first-order chi connectivity index (χ1) is 8.71. The van der Waals surface area contributed by atoms with E-state index in [0.717, 1.165) is 12.1 Å². The molecule has 0 saturated carbocycles. The molecular weight excluding hydrogens is 323 g/mol. The standard InChI is InChI=1S/C13H15BrF3NO/c1-8(2)11(14)7-18-12(19)9-3-5-10(6-4-9)13(15,16)17/h3-6,8,11H,7H2,1-2H3,(H,18,19). The Morgan fingerprint density at radius 3 is 2.21 bits per heavy atom. The van der Waals surface area contributed by atoms with E-state index in [2.05, 4.69) is 21.2 Å². The molecule has 0 aliphatic carbocycles. The van der Waals surface area contributed by atoms with Crippen LogP contribution < -0.4 is 5.32 Å². The second-order valence-corrected chi connectivity index (χ2v) is 5.72. The summed E-state index contributed by atoms with van der Waals surface area (Å²) in [5.41, 5.74) is -0.541. The molecule has 0 aliphatic rings. The van der Waals surface area contributed by atoms with Gasteiger partial charge in [-0.1, -0.05) is 29.8 Å². The van der Waals surface area contributed by atoms with Gasteiger partial charge in [-0.3, -0.25) is 4.79 Å². The van der Waals surface area contributed by atoms with Gasteiger partial charge in [0.05, 0.1) is 5.56 Å². The molecule has 1 amide bonds. The molecule has 1 aromatic carbocycles. The minimum atomic E-state index is -4.38. The third-order valence-electron chi connectivity index (χ3n) is 2.66. The number of alkyl halides is 4. The first kappa shape index (κ1) is 16.0. The van der Waals surface area contributed by atoms with Crippen molar-refractivity contribution >= 4 is 21.8 Å². The van der Waals surface area contributed by atoms with Gasteiger partial charge in [0, 0.05) is 16.9 Å². The van der Waals surface area contributed by atoms with Crippen molar-refractivity contribution in [3.8, 4) is 0 Å². The smallest absolute Gasteiger partial charge is 0.351 e. The van der Waals surface area contributed by atoms with E-state index in [9.17, 15) is 18.0 Å². The van der Waals surface area contributed by atoms with E-state index in [1.54, 1.807) is 0 Å². The highest BCUT2D eigenvalue weighted by atomic mass is 79.9. The lowest BCUT2D eigenvalue weighted by Crippen LogP contribution is -2.31. The van der Waals surface area contributed by atoms with Gasteiger partial charge in [0.1, 0.15) is 0 Å². The quantitative estimate of drug-likeness (QED) is 0.830. The second kappa shape index (κ2) is 6.41. The number of carbonyl (C=O) groups is 1. The van der Waals surface area contributed by atoms with Crippen molar-refractivity contribution in [3.05, 3.63) is 35.4 Å². The molecule has 1 atom stereocenters. The Hall–Kier alpha value is -1.04. The normalized spacial score (nSPS) is 13.4. The molecule has 2 nitrogen and oxygen atoms in total. The van der Waals surface area contributed by atoms with Crippen LogP contribution in [0.1, 0.15) is 29.8 Å². The van der Waals surface area contributed by atoms with Crippen molar-refractivity contribution < 1.29 is 18.0 Å². The molecule has 1 aromatic rings. The van der Waals surface area contributed by atoms with Crippen LogP contribution in [-0.2, 0) is 6.18 Å². The van der Waals surface area contributed by atoms with Crippen LogP contribution in [0, 0.1) is 5.92 Å². The molecular formula is C13H15BrF3NO. The Morgan fingerprint density at radius 2 is 1.79 bits per heavy atom. The van der Waals surface area contributed by atoms with Crippen LogP contribution in [0.5, 0.6) is 0 Å². The van der Waals surface area contributed by atoms with E-state index in [-0.39, 0.29) is 16.3 Å². The van der Waals surface area contributed by atoms with E-state index in [4.69, 9.17) is 0 Å². The van der Waals surface area contributed by atoms with Gasteiger partial charge in [-0.25, -0.2) is 0 Å². The summed E-state index contributed by atoms with van der Waals surface area (Å²) in [5.74, 6) is -0.0215. The highest BCUT2D eigenvalue weighted by Crippen LogP contribution is 2.29. The van der Waals surface area contributed by atoms with Gasteiger partial charge >= 0.3 is 6.18 Å². The number of nitrogens with one attached hydrogen (secondary N) is 1. The summed E-state index contributed by atoms with van der Waals surface area (Å²) in [5, 5.41) is 2.67. The van der Waals surface area contributed by atoms with Crippen LogP contribution in [0.25, 0.3) is 0 Å². The van der Waals surface area contributed by atoms with Crippen LogP contribution in [0.2, 0.25) is 0 Å². The number of amides is 1. The highest BCUT2D eigenvalue weighted by Gasteiger charge is 2.30. The van der Waals surface area contributed by atoms with E-state index in [1.165, 1.54) is 12.1 Å². The number of benzene rings is 1. The number of hydrogen-bond donors (Lipinski definition) is 1. The van der Waals surface area contributed by atoms with Gasteiger partial charge in [-0.15, -0.1) is 0 Å². The van der Waals surface area contributed by atoms with Crippen LogP contribution in [0.15, 0.2) is 24.3 Å². The first-order valence-electron chi connectivity index (χ1n) is 5.81. The molecule has 106 valence electrons. The summed E-state index contributed by atoms with van der Waals surface area (Å²) in [6.07, 6.45) is -4.38. The van der Waals surface area contributed by atoms with E-state index in [1.807, 2.05) is 13.8 Å². The lowest BCUT2D eigenvalue weighted by atomic mass is 10.1. The van der Waals surface area contributed by atoms with Crippen LogP contribution in [-0.4, -0.2) is 17.3 Å². The molecule has 0 saturated heterocycles. The maximum Gasteiger partial charge on any atom is 0.416 e. The Morgan fingerprint density at radius 1 is 1.26 bits per heavy atom. The summed E-state index contributed by atoms with van der Waals surface area (Å²) < 4.78 is 37.1. The predicted octanol–water partition coefficient (Wildman–Crippen LogP) is 3.85. The fourth-order valence-corrected chi connectivity index (χ4v) is 1.50. The lowest BCUT2D eigenvalue weighted by molar-refractivity contribution is -0.137. The molecule has 0 spiro atoms. The Balaban J connectivity index is 2.64. The Bertz CT molecular complexity index is 429. The molecule has 0 fully saturated rings. The molecule has 0 aliphatic heterocycles. The largest absolute Gasteiger partial charge is 0.416 e. The molecule has 0 bridgehead atoms.